The molecule has 0 radical (unpaired) electrons. The van der Waals surface area contributed by atoms with Crippen LogP contribution >= 0.6 is 0 Å². The summed E-state index contributed by atoms with van der Waals surface area (Å²) in [5.74, 6) is 4.47. The zero-order valence-electron chi connectivity index (χ0n) is 7.20. The highest BCUT2D eigenvalue weighted by Crippen LogP contribution is 2.05. The Labute approximate surface area is 75.7 Å². The minimum atomic E-state index is -0.400. The molecule has 0 saturated carbocycles. The van der Waals surface area contributed by atoms with Crippen molar-refractivity contribution in [3.63, 3.8) is 0 Å². The molecule has 0 aliphatic rings. The number of carbonyl (C=O) groups excluding carboxylic acids is 2. The maximum atomic E-state index is 11.0. The monoisotopic (exact) mass is 178 g/mol. The fraction of sp³-hybridized carbons (Fsp3) is 0.111. The van der Waals surface area contributed by atoms with Gasteiger partial charge in [-0.2, -0.15) is 0 Å². The van der Waals surface area contributed by atoms with Crippen molar-refractivity contribution in [2.75, 3.05) is 0 Å². The molecule has 0 fully saturated rings. The predicted octanol–water partition coefficient (Wildman–Crippen LogP) is 0.493. The summed E-state index contributed by atoms with van der Waals surface area (Å²) in [6.45, 7) is 1.44. The van der Waals surface area contributed by atoms with E-state index >= 15 is 0 Å². The first-order valence-electron chi connectivity index (χ1n) is 3.77. The van der Waals surface area contributed by atoms with Crippen LogP contribution in [0, 0.1) is 0 Å². The lowest BCUT2D eigenvalue weighted by atomic mass is 10.1. The van der Waals surface area contributed by atoms with Crippen LogP contribution in [0.1, 0.15) is 27.6 Å². The van der Waals surface area contributed by atoms with E-state index in [2.05, 4.69) is 0 Å². The van der Waals surface area contributed by atoms with Crippen LogP contribution in [-0.4, -0.2) is 11.7 Å². The Hall–Kier alpha value is -1.68. The Morgan fingerprint density at radius 2 is 1.92 bits per heavy atom. The van der Waals surface area contributed by atoms with Gasteiger partial charge >= 0.3 is 0 Å². The van der Waals surface area contributed by atoms with Crippen molar-refractivity contribution in [2.45, 2.75) is 6.92 Å². The number of nitrogens with one attached hydrogen (secondary N) is 1. The molecule has 0 aliphatic carbocycles. The van der Waals surface area contributed by atoms with E-state index in [0.717, 1.165) is 0 Å². The van der Waals surface area contributed by atoms with Gasteiger partial charge in [-0.05, 0) is 19.1 Å². The van der Waals surface area contributed by atoms with E-state index in [1.165, 1.54) is 13.0 Å². The Morgan fingerprint density at radius 1 is 1.31 bits per heavy atom. The molecule has 0 bridgehead atoms. The zero-order valence-corrected chi connectivity index (χ0v) is 7.20. The van der Waals surface area contributed by atoms with E-state index in [0.29, 0.717) is 11.1 Å². The Morgan fingerprint density at radius 3 is 2.46 bits per heavy atom. The third kappa shape index (κ3) is 2.13. The van der Waals surface area contributed by atoms with Crippen molar-refractivity contribution in [3.8, 4) is 0 Å². The zero-order chi connectivity index (χ0) is 9.84. The summed E-state index contributed by atoms with van der Waals surface area (Å²) in [6, 6.07) is 6.39. The molecule has 1 rings (SSSR count). The van der Waals surface area contributed by atoms with Crippen LogP contribution in [-0.2, 0) is 0 Å². The van der Waals surface area contributed by atoms with Gasteiger partial charge in [0, 0.05) is 11.1 Å². The fourth-order valence-electron chi connectivity index (χ4n) is 0.963. The van der Waals surface area contributed by atoms with E-state index in [4.69, 9.17) is 5.84 Å². The van der Waals surface area contributed by atoms with Gasteiger partial charge in [0.1, 0.15) is 0 Å². The van der Waals surface area contributed by atoms with Crippen LogP contribution in [0.5, 0.6) is 0 Å². The van der Waals surface area contributed by atoms with Gasteiger partial charge in [-0.1, -0.05) is 12.1 Å². The van der Waals surface area contributed by atoms with Gasteiger partial charge < -0.3 is 0 Å². The molecule has 0 spiro atoms. The Kier molecular flexibility index (Phi) is 2.76. The van der Waals surface area contributed by atoms with Crippen LogP contribution in [0.4, 0.5) is 0 Å². The molecule has 1 aromatic carbocycles. The quantitative estimate of drug-likeness (QED) is 0.299. The summed E-state index contributed by atoms with van der Waals surface area (Å²) in [4.78, 5) is 22.0. The summed E-state index contributed by atoms with van der Waals surface area (Å²) in [7, 11) is 0. The van der Waals surface area contributed by atoms with Gasteiger partial charge in [0.05, 0.1) is 0 Å². The number of nitrogen functional groups attached to an aromatic ring is 1. The standard InChI is InChI=1S/C9H10N2O2/c1-6(12)7-3-2-4-8(5-7)9(13)11-10/h2-5H,10H2,1H3,(H,11,13). The summed E-state index contributed by atoms with van der Waals surface area (Å²) in [5, 5.41) is 0. The molecule has 0 aliphatic heterocycles. The first kappa shape index (κ1) is 9.41. The van der Waals surface area contributed by atoms with Gasteiger partial charge in [0.15, 0.2) is 5.78 Å². The lowest BCUT2D eigenvalue weighted by molar-refractivity contribution is 0.0953. The normalized spacial score (nSPS) is 9.38. The van der Waals surface area contributed by atoms with Gasteiger partial charge in [-0.25, -0.2) is 5.84 Å². The topological polar surface area (TPSA) is 72.2 Å². The van der Waals surface area contributed by atoms with Crippen LogP contribution < -0.4 is 11.3 Å². The van der Waals surface area contributed by atoms with Crippen molar-refractivity contribution in [1.29, 1.82) is 0 Å². The molecule has 0 unspecified atom stereocenters. The summed E-state index contributed by atoms with van der Waals surface area (Å²) < 4.78 is 0. The summed E-state index contributed by atoms with van der Waals surface area (Å²) >= 11 is 0. The number of hydrazine groups is 1. The number of hydrogen-bond acceptors (Lipinski definition) is 3. The molecular weight excluding hydrogens is 168 g/mol. The third-order valence-corrected chi connectivity index (χ3v) is 1.66. The summed E-state index contributed by atoms with van der Waals surface area (Å²) in [6.07, 6.45) is 0. The van der Waals surface area contributed by atoms with Gasteiger partial charge in [0.2, 0.25) is 0 Å². The maximum Gasteiger partial charge on any atom is 0.265 e. The van der Waals surface area contributed by atoms with Crippen LogP contribution in [0.2, 0.25) is 0 Å². The fourth-order valence-corrected chi connectivity index (χ4v) is 0.963. The van der Waals surface area contributed by atoms with E-state index < -0.39 is 5.91 Å². The second-order valence-electron chi connectivity index (χ2n) is 2.61. The second-order valence-corrected chi connectivity index (χ2v) is 2.61. The molecular formula is C9H10N2O2. The Balaban J connectivity index is 3.05. The number of ketones is 1. The number of rotatable bonds is 2. The van der Waals surface area contributed by atoms with Crippen molar-refractivity contribution in [2.24, 2.45) is 5.84 Å². The van der Waals surface area contributed by atoms with Gasteiger partial charge in [-0.15, -0.1) is 0 Å². The molecule has 4 heteroatoms. The smallest absolute Gasteiger partial charge is 0.265 e. The first-order chi connectivity index (χ1) is 6.15. The lowest BCUT2D eigenvalue weighted by Crippen LogP contribution is -2.30. The van der Waals surface area contributed by atoms with Crippen molar-refractivity contribution < 1.29 is 9.59 Å². The van der Waals surface area contributed by atoms with Crippen molar-refractivity contribution >= 4 is 11.7 Å². The number of carbonyl (C=O) groups is 2. The average molecular weight is 178 g/mol. The number of amides is 1. The molecule has 0 saturated heterocycles. The van der Waals surface area contributed by atoms with Crippen LogP contribution in [0.15, 0.2) is 24.3 Å². The van der Waals surface area contributed by atoms with E-state index in [-0.39, 0.29) is 5.78 Å². The minimum Gasteiger partial charge on any atom is -0.295 e. The highest BCUT2D eigenvalue weighted by Gasteiger charge is 2.05. The molecule has 4 nitrogen and oxygen atoms in total. The lowest BCUT2D eigenvalue weighted by Gasteiger charge is -2.00. The number of nitrogens with two attached hydrogens (primary N) is 1. The molecule has 68 valence electrons. The van der Waals surface area contributed by atoms with E-state index in [1.54, 1.807) is 18.2 Å². The van der Waals surface area contributed by atoms with Crippen LogP contribution in [0.3, 0.4) is 0 Å². The minimum absolute atomic E-state index is 0.0772. The SMILES string of the molecule is CC(=O)c1cccc(C(=O)NN)c1. The molecule has 0 atom stereocenters. The largest absolute Gasteiger partial charge is 0.295 e. The first-order valence-corrected chi connectivity index (χ1v) is 3.77. The number of hydrogen-bond donors (Lipinski definition) is 2. The molecule has 1 aromatic rings. The molecule has 0 heterocycles. The third-order valence-electron chi connectivity index (χ3n) is 1.66. The number of benzene rings is 1. The molecule has 13 heavy (non-hydrogen) atoms. The van der Waals surface area contributed by atoms with E-state index in [9.17, 15) is 9.59 Å². The Bertz CT molecular complexity index is 347. The number of Topliss-reactive ketones (excluding diaryl/α,β-unsaturated/α-hetero) is 1. The van der Waals surface area contributed by atoms with Crippen LogP contribution in [0.25, 0.3) is 0 Å². The molecule has 3 N–H and O–H groups in total. The second kappa shape index (κ2) is 3.82. The van der Waals surface area contributed by atoms with Crippen molar-refractivity contribution in [1.82, 2.24) is 5.43 Å². The molecule has 1 amide bonds. The summed E-state index contributed by atoms with van der Waals surface area (Å²) in [5.41, 5.74) is 2.88. The van der Waals surface area contributed by atoms with Gasteiger partial charge in [0.25, 0.3) is 5.91 Å². The highest BCUT2D eigenvalue weighted by molar-refractivity contribution is 5.99. The van der Waals surface area contributed by atoms with Crippen molar-refractivity contribution in [3.05, 3.63) is 35.4 Å². The molecule has 0 aromatic heterocycles. The highest BCUT2D eigenvalue weighted by atomic mass is 16.2. The predicted molar refractivity (Wildman–Crippen MR) is 48.1 cm³/mol. The average Bonchev–Trinajstić information content (AvgIpc) is 2.17. The van der Waals surface area contributed by atoms with Gasteiger partial charge in [-0.3, -0.25) is 15.0 Å². The maximum absolute atomic E-state index is 11.0. The van der Waals surface area contributed by atoms with E-state index in [1.807, 2.05) is 5.43 Å².